The van der Waals surface area contributed by atoms with Crippen molar-refractivity contribution < 1.29 is 9.53 Å². The van der Waals surface area contributed by atoms with Crippen molar-refractivity contribution in [1.29, 1.82) is 0 Å². The third-order valence-corrected chi connectivity index (χ3v) is 5.09. The molecule has 0 spiro atoms. The molecule has 0 atom stereocenters. The van der Waals surface area contributed by atoms with Crippen molar-refractivity contribution in [1.82, 2.24) is 14.5 Å². The molecule has 2 heterocycles. The molecule has 0 unspecified atom stereocenters. The van der Waals surface area contributed by atoms with Crippen LogP contribution in [0.5, 0.6) is 0 Å². The van der Waals surface area contributed by atoms with E-state index in [4.69, 9.17) is 4.74 Å². The molecule has 3 rings (SSSR count). The van der Waals surface area contributed by atoms with Crippen molar-refractivity contribution in [2.75, 3.05) is 31.6 Å². The maximum absolute atomic E-state index is 12.2. The molecule has 0 aliphatic carbocycles. The molecule has 0 bridgehead atoms. The van der Waals surface area contributed by atoms with Gasteiger partial charge in [0.05, 0.1) is 16.7 Å². The summed E-state index contributed by atoms with van der Waals surface area (Å²) >= 11 is 0. The number of hydrogen-bond acceptors (Lipinski definition) is 4. The molecule has 0 radical (unpaired) electrons. The number of imidazole rings is 1. The first-order valence-corrected chi connectivity index (χ1v) is 9.52. The number of benzene rings is 1. The molecule has 1 amide bonds. The van der Waals surface area contributed by atoms with Gasteiger partial charge in [-0.2, -0.15) is 0 Å². The molecule has 7 heteroatoms. The topological polar surface area (TPSA) is 70.6 Å². The van der Waals surface area contributed by atoms with E-state index in [2.05, 4.69) is 16.0 Å². The number of aryl methyl sites for hydroxylation is 1. The van der Waals surface area contributed by atoms with Crippen LogP contribution >= 0.6 is 0 Å². The van der Waals surface area contributed by atoms with Crippen LogP contribution in [-0.4, -0.2) is 52.8 Å². The first-order valence-electron chi connectivity index (χ1n) is 9.52. The van der Waals surface area contributed by atoms with Gasteiger partial charge in [-0.25, -0.2) is 9.59 Å². The Hall–Kier alpha value is -2.44. The Morgan fingerprint density at radius 1 is 1.30 bits per heavy atom. The summed E-state index contributed by atoms with van der Waals surface area (Å²) in [6, 6.07) is 5.99. The van der Waals surface area contributed by atoms with Gasteiger partial charge < -0.3 is 19.5 Å². The van der Waals surface area contributed by atoms with Gasteiger partial charge >= 0.3 is 11.8 Å². The lowest BCUT2D eigenvalue weighted by Gasteiger charge is -2.35. The zero-order valence-corrected chi connectivity index (χ0v) is 16.9. The SMILES string of the molecule is CN(CC1CCN(c2cccc3[nH]c(=O)n(C)c23)CC1)C(=O)OC(C)(C)C. The lowest BCUT2D eigenvalue weighted by molar-refractivity contribution is 0.0266. The molecular weight excluding hydrogens is 344 g/mol. The van der Waals surface area contributed by atoms with Crippen molar-refractivity contribution in [3.8, 4) is 0 Å². The number of aromatic nitrogens is 2. The molecule has 1 aromatic heterocycles. The highest BCUT2D eigenvalue weighted by atomic mass is 16.6. The minimum atomic E-state index is -0.472. The number of piperidine rings is 1. The van der Waals surface area contributed by atoms with Crippen LogP contribution in [0.25, 0.3) is 11.0 Å². The highest BCUT2D eigenvalue weighted by molar-refractivity contribution is 5.89. The lowest BCUT2D eigenvalue weighted by atomic mass is 9.96. The molecule has 1 aliphatic rings. The van der Waals surface area contributed by atoms with E-state index in [-0.39, 0.29) is 11.8 Å². The molecule has 2 aromatic rings. The Bertz CT molecular complexity index is 869. The van der Waals surface area contributed by atoms with E-state index in [1.165, 1.54) is 0 Å². The molecule has 1 N–H and O–H groups in total. The Morgan fingerprint density at radius 2 is 1.96 bits per heavy atom. The van der Waals surface area contributed by atoms with E-state index in [0.717, 1.165) is 42.7 Å². The van der Waals surface area contributed by atoms with Crippen LogP contribution in [0.2, 0.25) is 0 Å². The van der Waals surface area contributed by atoms with Gasteiger partial charge in [-0.3, -0.25) is 4.57 Å². The van der Waals surface area contributed by atoms with Gasteiger partial charge in [-0.05, 0) is 51.7 Å². The fourth-order valence-corrected chi connectivity index (χ4v) is 3.70. The van der Waals surface area contributed by atoms with E-state index >= 15 is 0 Å². The van der Waals surface area contributed by atoms with Gasteiger partial charge in [0.1, 0.15) is 5.60 Å². The zero-order chi connectivity index (χ0) is 19.8. The summed E-state index contributed by atoms with van der Waals surface area (Å²) in [4.78, 5) is 31.0. The van der Waals surface area contributed by atoms with Crippen LogP contribution in [0.4, 0.5) is 10.5 Å². The standard InChI is InChI=1S/C20H30N4O3/c1-20(2,3)27-19(26)22(4)13-14-9-11-24(12-10-14)16-8-6-7-15-17(16)23(5)18(25)21-15/h6-8,14H,9-13H2,1-5H3,(H,21,25). The van der Waals surface area contributed by atoms with Gasteiger partial charge in [0.2, 0.25) is 0 Å². The second-order valence-electron chi connectivity index (χ2n) is 8.45. The molecule has 1 fully saturated rings. The number of ether oxygens (including phenoxy) is 1. The highest BCUT2D eigenvalue weighted by Crippen LogP contribution is 2.29. The number of carbonyl (C=O) groups excluding carboxylic acids is 1. The van der Waals surface area contributed by atoms with E-state index in [1.807, 2.05) is 32.9 Å². The first kappa shape index (κ1) is 19.3. The van der Waals surface area contributed by atoms with Crippen molar-refractivity contribution >= 4 is 22.8 Å². The molecule has 1 saturated heterocycles. The van der Waals surface area contributed by atoms with Crippen molar-refractivity contribution in [2.45, 2.75) is 39.2 Å². The number of H-pyrrole nitrogens is 1. The average molecular weight is 374 g/mol. The zero-order valence-electron chi connectivity index (χ0n) is 16.9. The minimum Gasteiger partial charge on any atom is -0.444 e. The number of hydrogen-bond donors (Lipinski definition) is 1. The maximum atomic E-state index is 12.2. The van der Waals surface area contributed by atoms with Gasteiger partial charge in [0.25, 0.3) is 0 Å². The van der Waals surface area contributed by atoms with E-state index in [0.29, 0.717) is 12.5 Å². The number of rotatable bonds is 3. The first-order chi connectivity index (χ1) is 12.7. The molecule has 1 aliphatic heterocycles. The molecule has 1 aromatic carbocycles. The van der Waals surface area contributed by atoms with Crippen LogP contribution in [0.15, 0.2) is 23.0 Å². The molecular formula is C20H30N4O3. The van der Waals surface area contributed by atoms with Gasteiger partial charge in [0, 0.05) is 33.7 Å². The number of para-hydroxylation sites is 1. The van der Waals surface area contributed by atoms with Gasteiger partial charge in [-0.1, -0.05) is 6.07 Å². The minimum absolute atomic E-state index is 0.0914. The highest BCUT2D eigenvalue weighted by Gasteiger charge is 2.26. The molecule has 7 nitrogen and oxygen atoms in total. The predicted octanol–water partition coefficient (Wildman–Crippen LogP) is 2.95. The summed E-state index contributed by atoms with van der Waals surface area (Å²) in [6.07, 6.45) is 1.74. The van der Waals surface area contributed by atoms with Crippen molar-refractivity contribution in [2.24, 2.45) is 13.0 Å². The summed E-state index contributed by atoms with van der Waals surface area (Å²) in [5, 5.41) is 0. The van der Waals surface area contributed by atoms with Crippen LogP contribution in [0, 0.1) is 5.92 Å². The Labute approximate surface area is 159 Å². The van der Waals surface area contributed by atoms with E-state index in [1.54, 1.807) is 23.6 Å². The quantitative estimate of drug-likeness (QED) is 0.897. The molecule has 27 heavy (non-hydrogen) atoms. The summed E-state index contributed by atoms with van der Waals surface area (Å²) in [6.45, 7) is 8.16. The van der Waals surface area contributed by atoms with Crippen LogP contribution in [0.1, 0.15) is 33.6 Å². The van der Waals surface area contributed by atoms with E-state index in [9.17, 15) is 9.59 Å². The van der Waals surface area contributed by atoms with E-state index < -0.39 is 5.60 Å². The monoisotopic (exact) mass is 374 g/mol. The number of aromatic amines is 1. The third kappa shape index (κ3) is 4.28. The number of amides is 1. The number of anilines is 1. The molecule has 0 saturated carbocycles. The van der Waals surface area contributed by atoms with Gasteiger partial charge in [0.15, 0.2) is 0 Å². The summed E-state index contributed by atoms with van der Waals surface area (Å²) < 4.78 is 7.11. The maximum Gasteiger partial charge on any atom is 0.410 e. The normalized spacial score (nSPS) is 16.0. The fourth-order valence-electron chi connectivity index (χ4n) is 3.70. The fraction of sp³-hybridized carbons (Fsp3) is 0.600. The number of fused-ring (bicyclic) bond motifs is 1. The largest absolute Gasteiger partial charge is 0.444 e. The lowest BCUT2D eigenvalue weighted by Crippen LogP contribution is -2.41. The number of nitrogens with one attached hydrogen (secondary N) is 1. The van der Waals surface area contributed by atoms with Crippen LogP contribution in [0.3, 0.4) is 0 Å². The number of carbonyl (C=O) groups is 1. The number of nitrogens with zero attached hydrogens (tertiary/aromatic N) is 3. The second kappa shape index (κ2) is 7.29. The van der Waals surface area contributed by atoms with Crippen LogP contribution < -0.4 is 10.6 Å². The Balaban J connectivity index is 1.63. The third-order valence-electron chi connectivity index (χ3n) is 5.09. The predicted molar refractivity (Wildman–Crippen MR) is 107 cm³/mol. The van der Waals surface area contributed by atoms with Gasteiger partial charge in [-0.15, -0.1) is 0 Å². The molecule has 148 valence electrons. The second-order valence-corrected chi connectivity index (χ2v) is 8.45. The summed E-state index contributed by atoms with van der Waals surface area (Å²) in [5.41, 5.74) is 2.34. The Morgan fingerprint density at radius 3 is 2.59 bits per heavy atom. The summed E-state index contributed by atoms with van der Waals surface area (Å²) in [7, 11) is 3.60. The van der Waals surface area contributed by atoms with Crippen molar-refractivity contribution in [3.63, 3.8) is 0 Å². The van der Waals surface area contributed by atoms with Crippen molar-refractivity contribution in [3.05, 3.63) is 28.7 Å². The van der Waals surface area contributed by atoms with Crippen LogP contribution in [-0.2, 0) is 11.8 Å². The summed E-state index contributed by atoms with van der Waals surface area (Å²) in [5.74, 6) is 0.452. The average Bonchev–Trinajstić information content (AvgIpc) is 2.88. The smallest absolute Gasteiger partial charge is 0.410 e. The Kier molecular flexibility index (Phi) is 5.22.